The van der Waals surface area contributed by atoms with Crippen molar-refractivity contribution in [2.24, 2.45) is 11.7 Å². The van der Waals surface area contributed by atoms with Gasteiger partial charge in [0, 0.05) is 24.8 Å². The summed E-state index contributed by atoms with van der Waals surface area (Å²) in [5.41, 5.74) is 5.94. The highest BCUT2D eigenvalue weighted by Crippen LogP contribution is 2.41. The van der Waals surface area contributed by atoms with Gasteiger partial charge in [-0.05, 0) is 48.9 Å². The summed E-state index contributed by atoms with van der Waals surface area (Å²) in [7, 11) is 0. The van der Waals surface area contributed by atoms with Crippen LogP contribution in [0.15, 0.2) is 18.2 Å². The molecule has 1 aromatic carbocycles. The van der Waals surface area contributed by atoms with Crippen LogP contribution in [-0.2, 0) is 12.7 Å². The second-order valence-electron chi connectivity index (χ2n) is 5.53. The van der Waals surface area contributed by atoms with Crippen LogP contribution < -0.4 is 10.6 Å². The zero-order valence-corrected chi connectivity index (χ0v) is 10.6. The first-order valence-electron chi connectivity index (χ1n) is 6.66. The highest BCUT2D eigenvalue weighted by molar-refractivity contribution is 5.54. The summed E-state index contributed by atoms with van der Waals surface area (Å²) in [5.74, 6) is 0.716. The molecule has 1 aromatic rings. The van der Waals surface area contributed by atoms with E-state index in [2.05, 4.69) is 4.90 Å². The first-order valence-corrected chi connectivity index (χ1v) is 6.66. The number of alkyl halides is 3. The Morgan fingerprint density at radius 1 is 1.26 bits per heavy atom. The van der Waals surface area contributed by atoms with Crippen LogP contribution in [0.3, 0.4) is 0 Å². The third-order valence-electron chi connectivity index (χ3n) is 4.36. The molecule has 0 amide bonds. The van der Waals surface area contributed by atoms with Crippen molar-refractivity contribution < 1.29 is 13.2 Å². The van der Waals surface area contributed by atoms with Gasteiger partial charge in [0.25, 0.3) is 0 Å². The molecule has 0 aromatic heterocycles. The van der Waals surface area contributed by atoms with Gasteiger partial charge in [0.15, 0.2) is 0 Å². The lowest BCUT2D eigenvalue weighted by Crippen LogP contribution is -2.32. The zero-order valence-electron chi connectivity index (χ0n) is 10.6. The molecule has 2 unspecified atom stereocenters. The minimum absolute atomic E-state index is 0.0788. The molecule has 2 atom stereocenters. The molecule has 104 valence electrons. The number of nitrogens with two attached hydrogens (primary N) is 1. The Bertz CT molecular complexity index is 484. The van der Waals surface area contributed by atoms with Crippen molar-refractivity contribution in [1.82, 2.24) is 0 Å². The fourth-order valence-electron chi connectivity index (χ4n) is 3.45. The van der Waals surface area contributed by atoms with Crippen LogP contribution in [0.1, 0.15) is 30.4 Å². The predicted molar refractivity (Wildman–Crippen MR) is 67.8 cm³/mol. The van der Waals surface area contributed by atoms with Gasteiger partial charge in [-0.15, -0.1) is 0 Å². The zero-order chi connectivity index (χ0) is 13.6. The molecule has 1 saturated carbocycles. The molecule has 1 aliphatic carbocycles. The lowest BCUT2D eigenvalue weighted by atomic mass is 10.0. The summed E-state index contributed by atoms with van der Waals surface area (Å²) in [6.07, 6.45) is -0.731. The van der Waals surface area contributed by atoms with E-state index < -0.39 is 11.7 Å². The number of rotatable bonds is 2. The molecule has 3 rings (SSSR count). The minimum Gasteiger partial charge on any atom is -0.368 e. The van der Waals surface area contributed by atoms with Crippen molar-refractivity contribution in [3.05, 3.63) is 29.3 Å². The molecular formula is C14H17F3N2. The van der Waals surface area contributed by atoms with Gasteiger partial charge in [-0.2, -0.15) is 13.2 Å². The maximum absolute atomic E-state index is 12.8. The van der Waals surface area contributed by atoms with Crippen LogP contribution in [0.5, 0.6) is 0 Å². The number of benzene rings is 1. The number of halogens is 3. The van der Waals surface area contributed by atoms with Gasteiger partial charge in [-0.3, -0.25) is 0 Å². The van der Waals surface area contributed by atoms with E-state index in [9.17, 15) is 13.2 Å². The lowest BCUT2D eigenvalue weighted by molar-refractivity contribution is -0.138. The number of anilines is 1. The van der Waals surface area contributed by atoms with Crippen molar-refractivity contribution in [2.45, 2.75) is 38.0 Å². The van der Waals surface area contributed by atoms with Crippen molar-refractivity contribution in [3.8, 4) is 0 Å². The topological polar surface area (TPSA) is 29.3 Å². The Morgan fingerprint density at radius 2 is 2.05 bits per heavy atom. The first kappa shape index (κ1) is 12.8. The molecule has 0 spiro atoms. The van der Waals surface area contributed by atoms with Crippen LogP contribution in [0.25, 0.3) is 0 Å². The summed E-state index contributed by atoms with van der Waals surface area (Å²) in [5, 5.41) is 0. The quantitative estimate of drug-likeness (QED) is 0.894. The standard InChI is InChI=1S/C14H17F3N2/c15-14(16,17)13-4-3-12(6-10(13)7-18)19-8-9-1-2-11(19)5-9/h3-4,6,9,11H,1-2,5,7-8,18H2. The summed E-state index contributed by atoms with van der Waals surface area (Å²) in [6, 6.07) is 4.88. The molecule has 2 N–H and O–H groups in total. The SMILES string of the molecule is NCc1cc(N2CC3CCC2C3)ccc1C(F)(F)F. The number of fused-ring (bicyclic) bond motifs is 2. The highest BCUT2D eigenvalue weighted by Gasteiger charge is 2.39. The van der Waals surface area contributed by atoms with Crippen LogP contribution in [0, 0.1) is 5.92 Å². The molecule has 2 nitrogen and oxygen atoms in total. The van der Waals surface area contributed by atoms with E-state index in [1.54, 1.807) is 12.1 Å². The molecule has 1 heterocycles. The van der Waals surface area contributed by atoms with Gasteiger partial charge in [-0.25, -0.2) is 0 Å². The number of hydrogen-bond acceptors (Lipinski definition) is 2. The molecule has 1 aliphatic heterocycles. The van der Waals surface area contributed by atoms with Gasteiger partial charge >= 0.3 is 6.18 Å². The van der Waals surface area contributed by atoms with E-state index in [-0.39, 0.29) is 12.1 Å². The Labute approximate surface area is 110 Å². The number of piperidine rings is 1. The molecule has 2 fully saturated rings. The normalized spacial score (nSPS) is 26.2. The first-order chi connectivity index (χ1) is 8.99. The van der Waals surface area contributed by atoms with Gasteiger partial charge < -0.3 is 10.6 Å². The molecule has 1 saturated heterocycles. The maximum atomic E-state index is 12.8. The van der Waals surface area contributed by atoms with Gasteiger partial charge in [-0.1, -0.05) is 0 Å². The van der Waals surface area contributed by atoms with Crippen molar-refractivity contribution in [1.29, 1.82) is 0 Å². The minimum atomic E-state index is -4.32. The fourth-order valence-corrected chi connectivity index (χ4v) is 3.45. The van der Waals surface area contributed by atoms with E-state index in [4.69, 9.17) is 5.73 Å². The Morgan fingerprint density at radius 3 is 2.58 bits per heavy atom. The van der Waals surface area contributed by atoms with E-state index >= 15 is 0 Å². The number of nitrogens with zero attached hydrogens (tertiary/aromatic N) is 1. The summed E-state index contributed by atoms with van der Waals surface area (Å²) < 4.78 is 38.5. The second-order valence-corrected chi connectivity index (χ2v) is 5.53. The monoisotopic (exact) mass is 270 g/mol. The Balaban J connectivity index is 1.92. The predicted octanol–water partition coefficient (Wildman–Crippen LogP) is 3.15. The van der Waals surface area contributed by atoms with E-state index in [0.717, 1.165) is 18.7 Å². The lowest BCUT2D eigenvalue weighted by Gasteiger charge is -2.30. The van der Waals surface area contributed by atoms with Gasteiger partial charge in [0.2, 0.25) is 0 Å². The molecule has 5 heteroatoms. The van der Waals surface area contributed by atoms with Crippen molar-refractivity contribution in [2.75, 3.05) is 11.4 Å². The Hall–Kier alpha value is -1.23. The average molecular weight is 270 g/mol. The maximum Gasteiger partial charge on any atom is 0.416 e. The van der Waals surface area contributed by atoms with E-state index in [1.165, 1.54) is 18.9 Å². The summed E-state index contributed by atoms with van der Waals surface area (Å²) >= 11 is 0. The number of hydrogen-bond donors (Lipinski definition) is 1. The van der Waals surface area contributed by atoms with Crippen LogP contribution in [0.4, 0.5) is 18.9 Å². The Kier molecular flexibility index (Phi) is 2.96. The summed E-state index contributed by atoms with van der Waals surface area (Å²) in [4.78, 5) is 2.24. The third kappa shape index (κ3) is 2.20. The van der Waals surface area contributed by atoms with Crippen LogP contribution >= 0.6 is 0 Å². The van der Waals surface area contributed by atoms with Crippen LogP contribution in [0.2, 0.25) is 0 Å². The fraction of sp³-hybridized carbons (Fsp3) is 0.571. The third-order valence-corrected chi connectivity index (χ3v) is 4.36. The van der Waals surface area contributed by atoms with Crippen molar-refractivity contribution in [3.63, 3.8) is 0 Å². The van der Waals surface area contributed by atoms with Gasteiger partial charge in [0.1, 0.15) is 0 Å². The molecule has 2 bridgehead atoms. The largest absolute Gasteiger partial charge is 0.416 e. The summed E-state index contributed by atoms with van der Waals surface area (Å²) in [6.45, 7) is 0.894. The molecule has 19 heavy (non-hydrogen) atoms. The second kappa shape index (κ2) is 4.40. The van der Waals surface area contributed by atoms with Crippen molar-refractivity contribution >= 4 is 5.69 Å². The average Bonchev–Trinajstić information content (AvgIpc) is 2.99. The van der Waals surface area contributed by atoms with E-state index in [1.807, 2.05) is 0 Å². The molecular weight excluding hydrogens is 253 g/mol. The van der Waals surface area contributed by atoms with E-state index in [0.29, 0.717) is 12.0 Å². The molecule has 2 aliphatic rings. The smallest absolute Gasteiger partial charge is 0.368 e. The van der Waals surface area contributed by atoms with Crippen LogP contribution in [-0.4, -0.2) is 12.6 Å². The molecule has 0 radical (unpaired) electrons. The van der Waals surface area contributed by atoms with Gasteiger partial charge in [0.05, 0.1) is 5.56 Å². The highest BCUT2D eigenvalue weighted by atomic mass is 19.4.